The van der Waals surface area contributed by atoms with Crippen molar-refractivity contribution in [1.29, 1.82) is 5.26 Å². The van der Waals surface area contributed by atoms with Gasteiger partial charge in [-0.15, -0.1) is 21.5 Å². The predicted octanol–water partition coefficient (Wildman–Crippen LogP) is 8.55. The number of anilines is 1. The van der Waals surface area contributed by atoms with Crippen molar-refractivity contribution in [2.24, 2.45) is 11.3 Å². The number of aromatic nitrogens is 3. The zero-order chi connectivity index (χ0) is 28.4. The first-order chi connectivity index (χ1) is 19.1. The molecule has 5 rings (SSSR count). The van der Waals surface area contributed by atoms with Crippen LogP contribution in [0.3, 0.4) is 0 Å². The highest BCUT2D eigenvalue weighted by atomic mass is 79.9. The predicted molar refractivity (Wildman–Crippen MR) is 169 cm³/mol. The third kappa shape index (κ3) is 6.49. The minimum absolute atomic E-state index is 0.108. The molecule has 10 heteroatoms. The lowest BCUT2D eigenvalue weighted by Crippen LogP contribution is -2.26. The highest BCUT2D eigenvalue weighted by molar-refractivity contribution is 9.10. The van der Waals surface area contributed by atoms with Gasteiger partial charge >= 0.3 is 0 Å². The number of thiophene rings is 1. The molecule has 1 aliphatic rings. The van der Waals surface area contributed by atoms with Gasteiger partial charge in [0.2, 0.25) is 11.1 Å². The summed E-state index contributed by atoms with van der Waals surface area (Å²) < 4.78 is 1.94. The van der Waals surface area contributed by atoms with Gasteiger partial charge in [-0.25, -0.2) is 4.98 Å². The van der Waals surface area contributed by atoms with Gasteiger partial charge in [-0.05, 0) is 60.4 Å². The van der Waals surface area contributed by atoms with E-state index in [9.17, 15) is 10.1 Å². The Labute approximate surface area is 259 Å². The van der Waals surface area contributed by atoms with Gasteiger partial charge in [0.25, 0.3) is 0 Å². The summed E-state index contributed by atoms with van der Waals surface area (Å²) in [7, 11) is 0. The topological polar surface area (TPSA) is 91.6 Å². The molecule has 1 amide bonds. The maximum atomic E-state index is 13.0. The summed E-state index contributed by atoms with van der Waals surface area (Å²) in [6.07, 6.45) is 2.89. The molecular weight excluding hydrogens is 670 g/mol. The van der Waals surface area contributed by atoms with Gasteiger partial charge in [0.05, 0.1) is 11.3 Å². The Morgan fingerprint density at radius 1 is 1.05 bits per heavy atom. The molecule has 0 aliphatic heterocycles. The second kappa shape index (κ2) is 12.1. The molecule has 204 valence electrons. The summed E-state index contributed by atoms with van der Waals surface area (Å²) >= 11 is 9.74. The van der Waals surface area contributed by atoms with Crippen LogP contribution < -0.4 is 5.32 Å². The van der Waals surface area contributed by atoms with E-state index < -0.39 is 0 Å². The van der Waals surface area contributed by atoms with Crippen LogP contribution in [-0.2, 0) is 17.6 Å². The molecule has 0 saturated heterocycles. The quantitative estimate of drug-likeness (QED) is 0.203. The molecule has 0 saturated carbocycles. The zero-order valence-corrected chi connectivity index (χ0v) is 27.1. The van der Waals surface area contributed by atoms with Crippen molar-refractivity contribution < 1.29 is 4.79 Å². The van der Waals surface area contributed by atoms with Crippen LogP contribution in [0, 0.1) is 22.7 Å². The fourth-order valence-electron chi connectivity index (χ4n) is 4.81. The highest BCUT2D eigenvalue weighted by Gasteiger charge is 2.32. The van der Waals surface area contributed by atoms with Crippen LogP contribution in [0.2, 0.25) is 0 Å². The maximum absolute atomic E-state index is 13.0. The van der Waals surface area contributed by atoms with Crippen LogP contribution in [0.25, 0.3) is 22.5 Å². The van der Waals surface area contributed by atoms with Crippen LogP contribution in [0.4, 0.5) is 5.00 Å². The molecule has 2 aromatic heterocycles. The number of carbonyl (C=O) groups is 1. The summed E-state index contributed by atoms with van der Waals surface area (Å²) in [4.78, 5) is 19.0. The van der Waals surface area contributed by atoms with E-state index in [1.54, 1.807) is 11.3 Å². The molecule has 40 heavy (non-hydrogen) atoms. The molecular formula is C30H27Br2N5OS2. The Kier molecular flexibility index (Phi) is 8.76. The SMILES string of the molecule is CC(C)(C)[C@@H]1CCc2c(sc(NC(=O)CSc3nnc(-c4ccc(Br)cc4)c(-c4ccc(Br)cc4)n3)c2C#N)C1. The number of amides is 1. The second-order valence-corrected chi connectivity index (χ2v) is 14.6. The smallest absolute Gasteiger partial charge is 0.235 e. The van der Waals surface area contributed by atoms with E-state index in [1.807, 2.05) is 48.5 Å². The van der Waals surface area contributed by atoms with E-state index >= 15 is 0 Å². The van der Waals surface area contributed by atoms with Gasteiger partial charge in [-0.1, -0.05) is 88.7 Å². The van der Waals surface area contributed by atoms with E-state index in [1.165, 1.54) is 16.6 Å². The molecule has 0 fully saturated rings. The number of rotatable bonds is 6. The van der Waals surface area contributed by atoms with Crippen molar-refractivity contribution in [3.63, 3.8) is 0 Å². The molecule has 2 heterocycles. The summed E-state index contributed by atoms with van der Waals surface area (Å²) in [5.74, 6) is 0.476. The Morgan fingerprint density at radius 2 is 1.68 bits per heavy atom. The molecule has 0 radical (unpaired) electrons. The average molecular weight is 698 g/mol. The second-order valence-electron chi connectivity index (χ2n) is 10.8. The zero-order valence-electron chi connectivity index (χ0n) is 22.3. The van der Waals surface area contributed by atoms with E-state index in [0.717, 1.165) is 44.9 Å². The molecule has 4 aromatic rings. The fraction of sp³-hybridized carbons (Fsp3) is 0.300. The molecule has 6 nitrogen and oxygen atoms in total. The number of benzene rings is 2. The monoisotopic (exact) mass is 695 g/mol. The number of nitrogens with zero attached hydrogens (tertiary/aromatic N) is 4. The summed E-state index contributed by atoms with van der Waals surface area (Å²) in [6.45, 7) is 6.81. The number of hydrogen-bond donors (Lipinski definition) is 1. The van der Waals surface area contributed by atoms with Crippen LogP contribution in [0.5, 0.6) is 0 Å². The number of nitriles is 1. The van der Waals surface area contributed by atoms with E-state index in [0.29, 0.717) is 33.0 Å². The van der Waals surface area contributed by atoms with Gasteiger partial charge in [0, 0.05) is 24.9 Å². The molecule has 0 spiro atoms. The average Bonchev–Trinajstić information content (AvgIpc) is 3.28. The van der Waals surface area contributed by atoms with Gasteiger partial charge < -0.3 is 5.32 Å². The first-order valence-electron chi connectivity index (χ1n) is 12.9. The number of carbonyl (C=O) groups excluding carboxylic acids is 1. The van der Waals surface area contributed by atoms with E-state index in [-0.39, 0.29) is 17.1 Å². The number of fused-ring (bicyclic) bond motifs is 1. The minimum atomic E-state index is -0.196. The van der Waals surface area contributed by atoms with Crippen LogP contribution in [0.15, 0.2) is 62.6 Å². The summed E-state index contributed by atoms with van der Waals surface area (Å²) in [6, 6.07) is 18.1. The molecule has 0 unspecified atom stereocenters. The van der Waals surface area contributed by atoms with Crippen molar-refractivity contribution in [3.05, 3.63) is 73.5 Å². The third-order valence-electron chi connectivity index (χ3n) is 7.09. The van der Waals surface area contributed by atoms with Gasteiger partial charge in [0.1, 0.15) is 22.5 Å². The molecule has 1 N–H and O–H groups in total. The van der Waals surface area contributed by atoms with Crippen LogP contribution in [0.1, 0.15) is 43.2 Å². The van der Waals surface area contributed by atoms with Crippen molar-refractivity contribution in [1.82, 2.24) is 15.2 Å². The minimum Gasteiger partial charge on any atom is -0.316 e. The highest BCUT2D eigenvalue weighted by Crippen LogP contribution is 2.44. The van der Waals surface area contributed by atoms with E-state index in [2.05, 4.69) is 74.2 Å². The summed E-state index contributed by atoms with van der Waals surface area (Å²) in [5, 5.41) is 22.7. The molecule has 1 aliphatic carbocycles. The Balaban J connectivity index is 1.34. The number of nitrogens with one attached hydrogen (secondary N) is 1. The Bertz CT molecular complexity index is 1590. The van der Waals surface area contributed by atoms with Crippen molar-refractivity contribution in [2.75, 3.05) is 11.1 Å². The first-order valence-corrected chi connectivity index (χ1v) is 16.2. The van der Waals surface area contributed by atoms with Crippen LogP contribution >= 0.6 is 55.0 Å². The van der Waals surface area contributed by atoms with Crippen LogP contribution in [-0.4, -0.2) is 26.8 Å². The number of thioether (sulfide) groups is 1. The molecule has 2 aromatic carbocycles. The lowest BCUT2D eigenvalue weighted by Gasteiger charge is -2.33. The lowest BCUT2D eigenvalue weighted by molar-refractivity contribution is -0.113. The first kappa shape index (κ1) is 28.9. The van der Waals surface area contributed by atoms with Gasteiger partial charge in [-0.2, -0.15) is 5.26 Å². The number of halogens is 2. The van der Waals surface area contributed by atoms with Crippen molar-refractivity contribution >= 4 is 65.9 Å². The molecule has 0 bridgehead atoms. The van der Waals surface area contributed by atoms with Crippen molar-refractivity contribution in [2.45, 2.75) is 45.2 Å². The fourth-order valence-corrected chi connectivity index (χ4v) is 7.22. The normalized spacial score (nSPS) is 14.8. The number of hydrogen-bond acceptors (Lipinski definition) is 7. The largest absolute Gasteiger partial charge is 0.316 e. The Morgan fingerprint density at radius 3 is 2.27 bits per heavy atom. The van der Waals surface area contributed by atoms with Gasteiger partial charge in [-0.3, -0.25) is 4.79 Å². The van der Waals surface area contributed by atoms with Crippen molar-refractivity contribution in [3.8, 4) is 28.6 Å². The Hall–Kier alpha value is -2.58. The summed E-state index contributed by atoms with van der Waals surface area (Å²) in [5.41, 5.74) is 5.09. The maximum Gasteiger partial charge on any atom is 0.235 e. The van der Waals surface area contributed by atoms with Gasteiger partial charge in [0.15, 0.2) is 0 Å². The van der Waals surface area contributed by atoms with E-state index in [4.69, 9.17) is 4.98 Å². The standard InChI is InChI=1S/C30H27Br2N5OS2/c1-30(2,3)19-8-13-22-23(15-33)28(40-24(22)14-19)34-25(38)16-39-29-35-26(17-4-9-20(31)10-5-17)27(36-37-29)18-6-11-21(32)12-7-18/h4-7,9-12,19H,8,13-14,16H2,1-3H3,(H,34,38)/t19-/m1/s1. The lowest BCUT2D eigenvalue weighted by atomic mass is 9.72. The molecule has 1 atom stereocenters. The third-order valence-corrected chi connectivity index (χ3v) is 10.2.